The van der Waals surface area contributed by atoms with E-state index in [0.717, 1.165) is 51.4 Å². The quantitative estimate of drug-likeness (QED) is 0.0920. The monoisotopic (exact) mass is 1190 g/mol. The second-order valence-corrected chi connectivity index (χ2v) is 28.3. The number of sulfone groups is 2. The first-order chi connectivity index (χ1) is 40.2. The molecule has 0 spiro atoms. The van der Waals surface area contributed by atoms with E-state index in [4.69, 9.17) is 0 Å². The number of ketones is 1. The Morgan fingerprint density at radius 1 is 0.560 bits per heavy atom. The molecular formula is C62H82N8O12S2. The van der Waals surface area contributed by atoms with Crippen molar-refractivity contribution in [3.63, 3.8) is 0 Å². The lowest BCUT2D eigenvalue weighted by Gasteiger charge is -2.35. The van der Waals surface area contributed by atoms with E-state index < -0.39 is 103 Å². The van der Waals surface area contributed by atoms with Crippen LogP contribution in [0.4, 0.5) is 0 Å². The predicted molar refractivity (Wildman–Crippen MR) is 313 cm³/mol. The summed E-state index contributed by atoms with van der Waals surface area (Å²) in [5.74, 6) is -4.89. The number of fused-ring (bicyclic) bond motifs is 2. The van der Waals surface area contributed by atoms with E-state index >= 15 is 0 Å². The van der Waals surface area contributed by atoms with Gasteiger partial charge in [0.15, 0.2) is 19.7 Å². The van der Waals surface area contributed by atoms with Crippen molar-refractivity contribution in [1.29, 1.82) is 0 Å². The maximum absolute atomic E-state index is 15.0. The molecule has 4 fully saturated rings. The van der Waals surface area contributed by atoms with Gasteiger partial charge in [0, 0.05) is 54.6 Å². The molecule has 0 bridgehead atoms. The molecule has 0 unspecified atom stereocenters. The summed E-state index contributed by atoms with van der Waals surface area (Å²) in [5.41, 5.74) is 1.28. The minimum absolute atomic E-state index is 0.0149. The van der Waals surface area contributed by atoms with Gasteiger partial charge in [0.05, 0.1) is 39.4 Å². The summed E-state index contributed by atoms with van der Waals surface area (Å²) >= 11 is 0. The van der Waals surface area contributed by atoms with Gasteiger partial charge in [-0.2, -0.15) is 0 Å². The number of carbonyl (C=O) groups is 8. The zero-order valence-corrected chi connectivity index (χ0v) is 50.2. The first-order valence-electron chi connectivity index (χ1n) is 30.2. The average molecular weight is 1200 g/mol. The molecule has 2 saturated carbocycles. The summed E-state index contributed by atoms with van der Waals surface area (Å²) in [7, 11) is -5.46. The largest absolute Gasteiger partial charge is 0.347 e. The Kier molecular flexibility index (Phi) is 19.8. The lowest BCUT2D eigenvalue weighted by atomic mass is 9.76. The number of likely N-dealkylation sites (tertiary alicyclic amines) is 2. The summed E-state index contributed by atoms with van der Waals surface area (Å²) in [5, 5.41) is 18.1. The molecule has 4 aliphatic heterocycles. The van der Waals surface area contributed by atoms with Crippen molar-refractivity contribution >= 4 is 66.8 Å². The third-order valence-corrected chi connectivity index (χ3v) is 22.3. The smallest absolute Gasteiger partial charge is 0.251 e. The van der Waals surface area contributed by atoms with E-state index in [2.05, 4.69) is 31.9 Å². The van der Waals surface area contributed by atoms with E-state index in [1.807, 2.05) is 6.92 Å². The number of hydrogen-bond donors (Lipinski definition) is 6. The third kappa shape index (κ3) is 13.9. The lowest BCUT2D eigenvalue weighted by molar-refractivity contribution is -0.145. The van der Waals surface area contributed by atoms with E-state index in [0.29, 0.717) is 30.4 Å². The van der Waals surface area contributed by atoms with Crippen molar-refractivity contribution in [3.8, 4) is 0 Å². The van der Waals surface area contributed by atoms with Crippen molar-refractivity contribution < 1.29 is 55.2 Å². The second kappa shape index (κ2) is 26.8. The number of carbonyl (C=O) groups excluding carboxylic acids is 8. The van der Waals surface area contributed by atoms with E-state index in [1.54, 1.807) is 57.3 Å². The van der Waals surface area contributed by atoms with E-state index in [9.17, 15) is 55.2 Å². The number of Topliss-reactive ketones (excluding diaryl/α,β-unsaturated/α-hetero) is 1. The fraction of sp³-hybridized carbons (Fsp3) is 0.581. The number of nitrogens with zero attached hydrogens (tertiary/aromatic N) is 2. The van der Waals surface area contributed by atoms with Crippen molar-refractivity contribution in [2.45, 2.75) is 182 Å². The van der Waals surface area contributed by atoms with Gasteiger partial charge in [-0.05, 0) is 131 Å². The molecule has 0 aromatic heterocycles. The first-order valence-corrected chi connectivity index (χ1v) is 33.6. The van der Waals surface area contributed by atoms with Crippen LogP contribution >= 0.6 is 0 Å². The first kappa shape index (κ1) is 62.0. The SMILES string of the molecule is CC[C@@H](C)C(=O)N[C@H](C(=O)N1C[C@@H](NC(=O)c2ccc(C(=O)N[C@H]3C[C@@H](C(=O)N[C@H]4CCS(=O)(=O)c5ccccc54)N(C(=O)[C@@H](CC(=O)[C@H](C)NC)C4CCCCC4)C3)cc2)C[C@H]1C(=O)N[C@H]1CCS(=O)(=O)c2ccccc21)C1CCCCC1. The summed E-state index contributed by atoms with van der Waals surface area (Å²) in [6, 6.07) is 12.7. The fourth-order valence-electron chi connectivity index (χ4n) is 13.5. The number of amides is 7. The topological polar surface area (TPSA) is 284 Å². The normalized spacial score (nSPS) is 25.3. The van der Waals surface area contributed by atoms with Gasteiger partial charge in [0.1, 0.15) is 23.9 Å². The van der Waals surface area contributed by atoms with Gasteiger partial charge < -0.3 is 41.7 Å². The van der Waals surface area contributed by atoms with Crippen molar-refractivity contribution in [3.05, 3.63) is 95.1 Å². The molecule has 2 saturated heterocycles. The standard InChI is InChI=1S/C62H82N8O12S2/c1-5-37(2)56(72)68-55(40-18-10-7-11-19-40)62(78)70-36-44(33-51(70)60(76)67-49-29-31-84(81,82)54-23-15-13-21-46(49)54)65-58(74)42-26-24-41(25-27-42)57(73)64-43-32-50(59(75)66-48-28-30-83(79,80)53-22-14-12-20-45(48)53)69(35-43)61(77)47(34-52(71)38(3)63-4)39-16-8-6-9-17-39/h12-15,20-27,37-40,43-44,47-51,55,63H,5-11,16-19,28-36H2,1-4H3,(H,64,73)(H,65,74)(H,66,75)(H,67,76)(H,68,72)/t37-,38+,43+,44+,47+,48+,49+,50+,51+,55+/m1/s1. The predicted octanol–water partition coefficient (Wildman–Crippen LogP) is 5.03. The van der Waals surface area contributed by atoms with E-state index in [-0.39, 0.29) is 113 Å². The molecule has 22 heteroatoms. The van der Waals surface area contributed by atoms with Gasteiger partial charge in [-0.1, -0.05) is 88.8 Å². The van der Waals surface area contributed by atoms with Crippen LogP contribution in [0.25, 0.3) is 0 Å². The number of hydrogen-bond acceptors (Lipinski definition) is 13. The van der Waals surface area contributed by atoms with Gasteiger partial charge in [0.2, 0.25) is 29.5 Å². The van der Waals surface area contributed by atoms with Crippen LogP contribution in [0.1, 0.15) is 167 Å². The van der Waals surface area contributed by atoms with Crippen LogP contribution in [0.5, 0.6) is 0 Å². The van der Waals surface area contributed by atoms with Gasteiger partial charge >= 0.3 is 0 Å². The maximum atomic E-state index is 15.0. The maximum Gasteiger partial charge on any atom is 0.251 e. The summed E-state index contributed by atoms with van der Waals surface area (Å²) in [6.07, 6.45) is 9.43. The Labute approximate surface area is 493 Å². The molecule has 2 aliphatic carbocycles. The Balaban J connectivity index is 0.912. The zero-order valence-electron chi connectivity index (χ0n) is 48.6. The molecule has 9 rings (SSSR count). The van der Waals surface area contributed by atoms with Crippen LogP contribution in [0.2, 0.25) is 0 Å². The zero-order chi connectivity index (χ0) is 60.0. The van der Waals surface area contributed by atoms with Crippen molar-refractivity contribution in [2.75, 3.05) is 31.6 Å². The van der Waals surface area contributed by atoms with Gasteiger partial charge in [-0.3, -0.25) is 38.4 Å². The number of nitrogens with one attached hydrogen (secondary N) is 6. The Bertz CT molecular complexity index is 2990. The number of rotatable bonds is 19. The molecule has 6 aliphatic rings. The van der Waals surface area contributed by atoms with E-state index in [1.165, 1.54) is 46.2 Å². The molecule has 20 nitrogen and oxygen atoms in total. The van der Waals surface area contributed by atoms with Crippen molar-refractivity contribution in [2.24, 2.45) is 23.7 Å². The minimum atomic E-state index is -3.57. The van der Waals surface area contributed by atoms with Gasteiger partial charge in [0.25, 0.3) is 11.8 Å². The molecule has 454 valence electrons. The summed E-state index contributed by atoms with van der Waals surface area (Å²) in [6.45, 7) is 5.36. The second-order valence-electron chi connectivity index (χ2n) is 24.2. The molecule has 3 aromatic rings. The minimum Gasteiger partial charge on any atom is -0.347 e. The van der Waals surface area contributed by atoms with Crippen LogP contribution in [-0.4, -0.2) is 142 Å². The van der Waals surface area contributed by atoms with Crippen LogP contribution < -0.4 is 31.9 Å². The molecule has 7 amide bonds. The fourth-order valence-corrected chi connectivity index (χ4v) is 16.7. The Morgan fingerprint density at radius 3 is 1.45 bits per heavy atom. The van der Waals surface area contributed by atoms with Crippen molar-refractivity contribution in [1.82, 2.24) is 41.7 Å². The molecule has 10 atom stereocenters. The lowest BCUT2D eigenvalue weighted by Crippen LogP contribution is -2.57. The number of likely N-dealkylation sites (N-methyl/N-ethyl adjacent to an activating group) is 1. The molecule has 0 radical (unpaired) electrons. The highest BCUT2D eigenvalue weighted by atomic mass is 32.2. The van der Waals surface area contributed by atoms with Gasteiger partial charge in [-0.25, -0.2) is 16.8 Å². The molecule has 6 N–H and O–H groups in total. The highest BCUT2D eigenvalue weighted by molar-refractivity contribution is 7.91. The Morgan fingerprint density at radius 2 is 1.00 bits per heavy atom. The molecular weight excluding hydrogens is 1110 g/mol. The third-order valence-electron chi connectivity index (χ3n) is 18.7. The highest BCUT2D eigenvalue weighted by Gasteiger charge is 2.48. The van der Waals surface area contributed by atoms with Crippen LogP contribution in [0, 0.1) is 23.7 Å². The van der Waals surface area contributed by atoms with Gasteiger partial charge in [-0.15, -0.1) is 0 Å². The molecule has 84 heavy (non-hydrogen) atoms. The van der Waals surface area contributed by atoms with Crippen LogP contribution in [-0.2, 0) is 48.4 Å². The highest BCUT2D eigenvalue weighted by Crippen LogP contribution is 2.38. The van der Waals surface area contributed by atoms with Crippen LogP contribution in [0.15, 0.2) is 82.6 Å². The molecule has 3 aromatic carbocycles. The molecule has 4 heterocycles. The summed E-state index contributed by atoms with van der Waals surface area (Å²) < 4.78 is 52.1. The summed E-state index contributed by atoms with van der Waals surface area (Å²) in [4.78, 5) is 118. The average Bonchev–Trinajstić information content (AvgIpc) is 3.78. The Hall–Kier alpha value is -6.52. The number of benzene rings is 3. The van der Waals surface area contributed by atoms with Crippen LogP contribution in [0.3, 0.4) is 0 Å².